The molecule has 1 heterocycles. The SMILES string of the molecule is O=[N+]([O-])c1cc(Br)cc(C=Nn2cnnc2)c1OCc1ccc(Cl)cc1Cl. The lowest BCUT2D eigenvalue weighted by molar-refractivity contribution is -0.386. The normalized spacial score (nSPS) is 11.1. The third-order valence-electron chi connectivity index (χ3n) is 3.38. The Hall–Kier alpha value is -2.49. The third kappa shape index (κ3) is 4.82. The van der Waals surface area contributed by atoms with E-state index >= 15 is 0 Å². The summed E-state index contributed by atoms with van der Waals surface area (Å²) in [6, 6.07) is 7.94. The van der Waals surface area contributed by atoms with Gasteiger partial charge in [0.1, 0.15) is 19.3 Å². The second-order valence-corrected chi connectivity index (χ2v) is 6.97. The minimum atomic E-state index is -0.528. The summed E-state index contributed by atoms with van der Waals surface area (Å²) in [6.45, 7) is 0.0198. The predicted octanol–water partition coefficient (Wildman–Crippen LogP) is 4.72. The Morgan fingerprint density at radius 1 is 1.26 bits per heavy atom. The lowest BCUT2D eigenvalue weighted by Crippen LogP contribution is -2.03. The molecule has 3 rings (SSSR count). The van der Waals surface area contributed by atoms with E-state index in [2.05, 4.69) is 31.2 Å². The average Bonchev–Trinajstić information content (AvgIpc) is 3.13. The van der Waals surface area contributed by atoms with Crippen LogP contribution in [0.15, 0.2) is 52.6 Å². The minimum Gasteiger partial charge on any atom is -0.481 e. The van der Waals surface area contributed by atoms with Gasteiger partial charge in [-0.1, -0.05) is 45.2 Å². The summed E-state index contributed by atoms with van der Waals surface area (Å²) < 4.78 is 7.60. The van der Waals surface area contributed by atoms with Gasteiger partial charge in [0, 0.05) is 31.7 Å². The number of nitro benzene ring substituents is 1. The molecule has 8 nitrogen and oxygen atoms in total. The standard InChI is InChI=1S/C16H10BrCl2N5O3/c17-12-3-11(6-22-23-8-20-21-9-23)16(15(4-12)24(25)26)27-7-10-1-2-13(18)5-14(10)19/h1-6,8-9H,7H2. The smallest absolute Gasteiger partial charge is 0.312 e. The zero-order valence-electron chi connectivity index (χ0n) is 13.4. The fraction of sp³-hybridized carbons (Fsp3) is 0.0625. The number of rotatable bonds is 6. The van der Waals surface area contributed by atoms with E-state index in [9.17, 15) is 10.1 Å². The van der Waals surface area contributed by atoms with Crippen LogP contribution >= 0.6 is 39.1 Å². The monoisotopic (exact) mass is 469 g/mol. The van der Waals surface area contributed by atoms with E-state index in [0.29, 0.717) is 25.6 Å². The molecular formula is C16H10BrCl2N5O3. The van der Waals surface area contributed by atoms with E-state index in [1.165, 1.54) is 29.6 Å². The van der Waals surface area contributed by atoms with Crippen molar-refractivity contribution in [2.24, 2.45) is 5.10 Å². The van der Waals surface area contributed by atoms with Crippen molar-refractivity contribution in [1.82, 2.24) is 14.9 Å². The highest BCUT2D eigenvalue weighted by molar-refractivity contribution is 9.10. The Kier molecular flexibility index (Phi) is 6.04. The van der Waals surface area contributed by atoms with Gasteiger partial charge in [0.25, 0.3) is 0 Å². The van der Waals surface area contributed by atoms with Crippen molar-refractivity contribution in [3.05, 3.63) is 78.7 Å². The molecular weight excluding hydrogens is 461 g/mol. The highest BCUT2D eigenvalue weighted by atomic mass is 79.9. The molecule has 0 saturated carbocycles. The van der Waals surface area contributed by atoms with E-state index in [0.717, 1.165) is 0 Å². The first-order valence-electron chi connectivity index (χ1n) is 7.37. The maximum Gasteiger partial charge on any atom is 0.312 e. The molecule has 0 aliphatic carbocycles. The topological polar surface area (TPSA) is 95.4 Å². The summed E-state index contributed by atoms with van der Waals surface area (Å²) in [4.78, 5) is 10.9. The summed E-state index contributed by atoms with van der Waals surface area (Å²) >= 11 is 15.3. The molecule has 0 spiro atoms. The highest BCUT2D eigenvalue weighted by Gasteiger charge is 2.21. The number of halogens is 3. The summed E-state index contributed by atoms with van der Waals surface area (Å²) in [5.41, 5.74) is 0.828. The molecule has 0 aliphatic rings. The van der Waals surface area contributed by atoms with Crippen LogP contribution in [-0.2, 0) is 6.61 Å². The quantitative estimate of drug-likeness (QED) is 0.295. The first-order valence-corrected chi connectivity index (χ1v) is 8.92. The van der Waals surface area contributed by atoms with Crippen molar-refractivity contribution in [2.75, 3.05) is 0 Å². The molecule has 0 fully saturated rings. The maximum absolute atomic E-state index is 11.5. The lowest BCUT2D eigenvalue weighted by atomic mass is 10.2. The van der Waals surface area contributed by atoms with Crippen LogP contribution in [0.2, 0.25) is 10.0 Å². The zero-order valence-corrected chi connectivity index (χ0v) is 16.5. The molecule has 27 heavy (non-hydrogen) atoms. The summed E-state index contributed by atoms with van der Waals surface area (Å²) in [5, 5.41) is 23.8. The lowest BCUT2D eigenvalue weighted by Gasteiger charge is -2.11. The Morgan fingerprint density at radius 3 is 2.67 bits per heavy atom. The van der Waals surface area contributed by atoms with E-state index < -0.39 is 4.92 Å². The number of hydrogen-bond acceptors (Lipinski definition) is 6. The van der Waals surface area contributed by atoms with Gasteiger partial charge < -0.3 is 4.74 Å². The molecule has 0 N–H and O–H groups in total. The Morgan fingerprint density at radius 2 is 2.00 bits per heavy atom. The molecule has 1 aromatic heterocycles. The molecule has 0 atom stereocenters. The van der Waals surface area contributed by atoms with Gasteiger partial charge in [0.2, 0.25) is 5.75 Å². The fourth-order valence-electron chi connectivity index (χ4n) is 2.16. The van der Waals surface area contributed by atoms with Crippen molar-refractivity contribution >= 4 is 51.0 Å². The van der Waals surface area contributed by atoms with Crippen LogP contribution < -0.4 is 4.74 Å². The summed E-state index contributed by atoms with van der Waals surface area (Å²) in [7, 11) is 0. The number of ether oxygens (including phenoxy) is 1. The van der Waals surface area contributed by atoms with Gasteiger partial charge in [0.15, 0.2) is 0 Å². The zero-order chi connectivity index (χ0) is 19.4. The van der Waals surface area contributed by atoms with Gasteiger partial charge in [-0.15, -0.1) is 10.2 Å². The van der Waals surface area contributed by atoms with Crippen LogP contribution in [0, 0.1) is 10.1 Å². The predicted molar refractivity (Wildman–Crippen MR) is 105 cm³/mol. The molecule has 0 unspecified atom stereocenters. The first kappa shape index (κ1) is 19.3. The van der Waals surface area contributed by atoms with Crippen LogP contribution in [0.3, 0.4) is 0 Å². The van der Waals surface area contributed by atoms with Crippen LogP contribution in [0.5, 0.6) is 5.75 Å². The average molecular weight is 471 g/mol. The molecule has 0 bridgehead atoms. The van der Waals surface area contributed by atoms with Crippen molar-refractivity contribution in [3.8, 4) is 5.75 Å². The number of hydrogen-bond donors (Lipinski definition) is 0. The molecule has 2 aromatic carbocycles. The number of benzene rings is 2. The Bertz CT molecular complexity index is 1010. The number of aromatic nitrogens is 3. The van der Waals surface area contributed by atoms with Gasteiger partial charge in [-0.25, -0.2) is 4.68 Å². The van der Waals surface area contributed by atoms with E-state index in [1.54, 1.807) is 24.3 Å². The maximum atomic E-state index is 11.5. The van der Waals surface area contributed by atoms with Crippen molar-refractivity contribution in [3.63, 3.8) is 0 Å². The molecule has 0 saturated heterocycles. The van der Waals surface area contributed by atoms with E-state index in [4.69, 9.17) is 27.9 Å². The van der Waals surface area contributed by atoms with Gasteiger partial charge in [-0.05, 0) is 18.2 Å². The molecule has 0 radical (unpaired) electrons. The molecule has 3 aromatic rings. The number of nitro groups is 1. The van der Waals surface area contributed by atoms with Gasteiger partial charge in [0.05, 0.1) is 11.1 Å². The number of nitrogens with zero attached hydrogens (tertiary/aromatic N) is 5. The Balaban J connectivity index is 1.96. The van der Waals surface area contributed by atoms with Crippen LogP contribution in [0.1, 0.15) is 11.1 Å². The van der Waals surface area contributed by atoms with Gasteiger partial charge >= 0.3 is 5.69 Å². The first-order chi connectivity index (χ1) is 12.9. The fourth-order valence-corrected chi connectivity index (χ4v) is 3.09. The molecule has 0 amide bonds. The van der Waals surface area contributed by atoms with E-state index in [-0.39, 0.29) is 18.0 Å². The largest absolute Gasteiger partial charge is 0.481 e. The summed E-state index contributed by atoms with van der Waals surface area (Å²) in [5.74, 6) is 0.0611. The second kappa shape index (κ2) is 8.47. The van der Waals surface area contributed by atoms with E-state index in [1.807, 2.05) is 0 Å². The van der Waals surface area contributed by atoms with Crippen LogP contribution in [0.4, 0.5) is 5.69 Å². The minimum absolute atomic E-state index is 0.0198. The van der Waals surface area contributed by atoms with Crippen molar-refractivity contribution in [2.45, 2.75) is 6.61 Å². The van der Waals surface area contributed by atoms with Crippen molar-refractivity contribution < 1.29 is 9.66 Å². The van der Waals surface area contributed by atoms with Gasteiger partial charge in [-0.3, -0.25) is 10.1 Å². The second-order valence-electron chi connectivity index (χ2n) is 5.21. The summed E-state index contributed by atoms with van der Waals surface area (Å²) in [6.07, 6.45) is 4.19. The molecule has 138 valence electrons. The third-order valence-corrected chi connectivity index (χ3v) is 4.43. The van der Waals surface area contributed by atoms with Crippen LogP contribution in [0.25, 0.3) is 0 Å². The van der Waals surface area contributed by atoms with Crippen LogP contribution in [-0.4, -0.2) is 26.0 Å². The van der Waals surface area contributed by atoms with Gasteiger partial charge in [-0.2, -0.15) is 5.10 Å². The Labute approximate surface area is 171 Å². The molecule has 11 heteroatoms. The van der Waals surface area contributed by atoms with Crippen molar-refractivity contribution in [1.29, 1.82) is 0 Å². The molecule has 0 aliphatic heterocycles. The highest BCUT2D eigenvalue weighted by Crippen LogP contribution is 2.35.